The quantitative estimate of drug-likeness (QED) is 0.0734. The van der Waals surface area contributed by atoms with Crippen LogP contribution in [-0.2, 0) is 42.8 Å². The first-order valence-electron chi connectivity index (χ1n) is 15.4. The Morgan fingerprint density at radius 3 is 1.59 bits per heavy atom. The molecule has 0 N–H and O–H groups in total. The Hall–Kier alpha value is -6.25. The lowest BCUT2D eigenvalue weighted by atomic mass is 10.1. The summed E-state index contributed by atoms with van der Waals surface area (Å²) < 4.78 is 48.1. The van der Waals surface area contributed by atoms with E-state index in [9.17, 15) is 24.0 Å². The molecule has 14 nitrogen and oxygen atoms in total. The Labute approximate surface area is 291 Å². The van der Waals surface area contributed by atoms with Gasteiger partial charge in [-0.15, -0.1) is 0 Å². The molecule has 2 aliphatic heterocycles. The molecule has 2 heterocycles. The van der Waals surface area contributed by atoms with Crippen molar-refractivity contribution in [2.75, 3.05) is 26.8 Å². The van der Waals surface area contributed by atoms with E-state index in [-0.39, 0.29) is 43.7 Å². The molecule has 0 aromatic heterocycles. The van der Waals surface area contributed by atoms with Crippen molar-refractivity contribution in [2.24, 2.45) is 0 Å². The molecule has 2 saturated heterocycles. The van der Waals surface area contributed by atoms with Gasteiger partial charge >= 0.3 is 29.8 Å². The van der Waals surface area contributed by atoms with Crippen molar-refractivity contribution in [1.29, 1.82) is 0 Å². The number of hydrogen-bond donors (Lipinski definition) is 0. The van der Waals surface area contributed by atoms with E-state index < -0.39 is 54.3 Å². The number of benzene rings is 3. The van der Waals surface area contributed by atoms with Gasteiger partial charge in [0.2, 0.25) is 13.6 Å². The highest BCUT2D eigenvalue weighted by molar-refractivity contribution is 5.91. The van der Waals surface area contributed by atoms with Crippen LogP contribution in [-0.4, -0.2) is 81.1 Å². The molecule has 0 spiro atoms. The van der Waals surface area contributed by atoms with Gasteiger partial charge in [-0.2, -0.15) is 0 Å². The van der Waals surface area contributed by atoms with Crippen molar-refractivity contribution >= 4 is 35.9 Å². The second-order valence-corrected chi connectivity index (χ2v) is 10.7. The summed E-state index contributed by atoms with van der Waals surface area (Å²) in [6.45, 7) is 6.10. The average molecular weight is 701 g/mol. The Morgan fingerprint density at radius 2 is 1.08 bits per heavy atom. The standard InChI is InChI=1S/C37H32O14/c1-3-31(38)47-21-45-26-14-8-24(9-15-26)36(41)49-28-12-5-23(6-13-28)7-18-33(40)50-29-19-43-35-30(20-44-34(29)35)51-37(42)25-10-16-27(17-11-25)46-22-48-32(39)4-2/h3-18,29-30,34-35H,1-2,19-22H2/b18-7+. The summed E-state index contributed by atoms with van der Waals surface area (Å²) in [6.07, 6.45) is 2.17. The SMILES string of the molecule is C=CC(=O)OCOc1ccc(C(=O)Oc2ccc(/C=C/C(=O)OC3COC4C(OC(=O)c5ccc(OCOC(=O)C=C)cc5)COC34)cc2)cc1. The highest BCUT2D eigenvalue weighted by Crippen LogP contribution is 2.31. The molecule has 2 fully saturated rings. The van der Waals surface area contributed by atoms with Crippen LogP contribution in [0.1, 0.15) is 26.3 Å². The second kappa shape index (κ2) is 17.4. The van der Waals surface area contributed by atoms with Gasteiger partial charge in [-0.05, 0) is 72.3 Å². The van der Waals surface area contributed by atoms with Crippen LogP contribution < -0.4 is 14.2 Å². The summed E-state index contributed by atoms with van der Waals surface area (Å²) in [6, 6.07) is 18.6. The van der Waals surface area contributed by atoms with Crippen LogP contribution in [0.3, 0.4) is 0 Å². The fourth-order valence-electron chi connectivity index (χ4n) is 4.81. The van der Waals surface area contributed by atoms with Gasteiger partial charge in [0.15, 0.2) is 12.2 Å². The van der Waals surface area contributed by atoms with E-state index in [1.165, 1.54) is 60.7 Å². The fourth-order valence-corrected chi connectivity index (χ4v) is 4.81. The molecule has 5 rings (SSSR count). The van der Waals surface area contributed by atoms with Crippen molar-refractivity contribution in [1.82, 2.24) is 0 Å². The molecule has 3 aromatic carbocycles. The maximum atomic E-state index is 12.7. The molecule has 3 aromatic rings. The molecule has 0 aliphatic carbocycles. The highest BCUT2D eigenvalue weighted by Gasteiger charge is 2.51. The van der Waals surface area contributed by atoms with Crippen LogP contribution in [0.15, 0.2) is 104 Å². The number of hydrogen-bond acceptors (Lipinski definition) is 14. The van der Waals surface area contributed by atoms with Crippen molar-refractivity contribution in [3.05, 3.63) is 121 Å². The van der Waals surface area contributed by atoms with Gasteiger partial charge in [0.1, 0.15) is 29.5 Å². The minimum Gasteiger partial charge on any atom is -0.457 e. The Kier molecular flexibility index (Phi) is 12.3. The third kappa shape index (κ3) is 10.1. The number of carbonyl (C=O) groups excluding carboxylic acids is 5. The average Bonchev–Trinajstić information content (AvgIpc) is 3.74. The summed E-state index contributed by atoms with van der Waals surface area (Å²) in [5.74, 6) is -2.02. The predicted octanol–water partition coefficient (Wildman–Crippen LogP) is 3.99. The normalized spacial score (nSPS) is 18.9. The topological polar surface area (TPSA) is 168 Å². The number of carbonyl (C=O) groups is 5. The van der Waals surface area contributed by atoms with Gasteiger partial charge in [-0.25, -0.2) is 24.0 Å². The Morgan fingerprint density at radius 1 is 0.608 bits per heavy atom. The lowest BCUT2D eigenvalue weighted by Gasteiger charge is -2.17. The van der Waals surface area contributed by atoms with Crippen LogP contribution in [0.5, 0.6) is 17.2 Å². The summed E-state index contributed by atoms with van der Waals surface area (Å²) >= 11 is 0. The summed E-state index contributed by atoms with van der Waals surface area (Å²) in [5.41, 5.74) is 1.18. The van der Waals surface area contributed by atoms with Gasteiger partial charge in [-0.1, -0.05) is 25.3 Å². The summed E-state index contributed by atoms with van der Waals surface area (Å²) in [4.78, 5) is 60.0. The molecular formula is C37H32O14. The zero-order valence-corrected chi connectivity index (χ0v) is 27.0. The zero-order valence-electron chi connectivity index (χ0n) is 27.0. The van der Waals surface area contributed by atoms with E-state index in [1.54, 1.807) is 24.3 Å². The third-order valence-corrected chi connectivity index (χ3v) is 7.36. The second-order valence-electron chi connectivity index (χ2n) is 10.7. The zero-order chi connectivity index (χ0) is 36.2. The largest absolute Gasteiger partial charge is 0.457 e. The van der Waals surface area contributed by atoms with Crippen LogP contribution >= 0.6 is 0 Å². The first-order valence-corrected chi connectivity index (χ1v) is 15.4. The monoisotopic (exact) mass is 700 g/mol. The number of fused-ring (bicyclic) bond motifs is 1. The highest BCUT2D eigenvalue weighted by atomic mass is 16.7. The van der Waals surface area contributed by atoms with Gasteiger partial charge in [-0.3, -0.25) is 0 Å². The van der Waals surface area contributed by atoms with Crippen molar-refractivity contribution < 1.29 is 66.6 Å². The van der Waals surface area contributed by atoms with E-state index in [0.717, 1.165) is 12.2 Å². The molecule has 0 bridgehead atoms. The van der Waals surface area contributed by atoms with Gasteiger partial charge < -0.3 is 42.6 Å². The van der Waals surface area contributed by atoms with E-state index in [1.807, 2.05) is 0 Å². The third-order valence-electron chi connectivity index (χ3n) is 7.36. The first-order chi connectivity index (χ1) is 24.7. The number of ether oxygens (including phenoxy) is 9. The van der Waals surface area contributed by atoms with Gasteiger partial charge in [0.25, 0.3) is 0 Å². The van der Waals surface area contributed by atoms with Crippen molar-refractivity contribution in [2.45, 2.75) is 24.4 Å². The number of rotatable bonds is 15. The molecule has 0 radical (unpaired) electrons. The van der Waals surface area contributed by atoms with Crippen molar-refractivity contribution in [3.8, 4) is 17.2 Å². The van der Waals surface area contributed by atoms with E-state index >= 15 is 0 Å². The van der Waals surface area contributed by atoms with Crippen molar-refractivity contribution in [3.63, 3.8) is 0 Å². The summed E-state index contributed by atoms with van der Waals surface area (Å²) in [7, 11) is 0. The molecule has 264 valence electrons. The molecule has 2 aliphatic rings. The maximum Gasteiger partial charge on any atom is 0.343 e. The maximum absolute atomic E-state index is 12.7. The predicted molar refractivity (Wildman–Crippen MR) is 175 cm³/mol. The fraction of sp³-hybridized carbons (Fsp3) is 0.216. The van der Waals surface area contributed by atoms with E-state index in [2.05, 4.69) is 13.2 Å². The molecule has 0 amide bonds. The first kappa shape index (κ1) is 36.0. The molecule has 14 heteroatoms. The van der Waals surface area contributed by atoms with Crippen LogP contribution in [0.25, 0.3) is 6.08 Å². The number of esters is 5. The Bertz CT molecular complexity index is 1760. The van der Waals surface area contributed by atoms with Crippen LogP contribution in [0.4, 0.5) is 0 Å². The molecule has 4 atom stereocenters. The smallest absolute Gasteiger partial charge is 0.343 e. The van der Waals surface area contributed by atoms with Gasteiger partial charge in [0.05, 0.1) is 24.3 Å². The van der Waals surface area contributed by atoms with Crippen LogP contribution in [0, 0.1) is 0 Å². The van der Waals surface area contributed by atoms with Crippen LogP contribution in [0.2, 0.25) is 0 Å². The minimum absolute atomic E-state index is 0.0619. The summed E-state index contributed by atoms with van der Waals surface area (Å²) in [5, 5.41) is 0. The van der Waals surface area contributed by atoms with E-state index in [0.29, 0.717) is 17.1 Å². The molecular weight excluding hydrogens is 668 g/mol. The molecule has 0 saturated carbocycles. The molecule has 51 heavy (non-hydrogen) atoms. The van der Waals surface area contributed by atoms with Gasteiger partial charge in [0, 0.05) is 18.2 Å². The lowest BCUT2D eigenvalue weighted by Crippen LogP contribution is -2.35. The molecule has 4 unspecified atom stereocenters. The Balaban J connectivity index is 1.04. The van der Waals surface area contributed by atoms with E-state index in [4.69, 9.17) is 42.6 Å². The minimum atomic E-state index is -0.711. The lowest BCUT2D eigenvalue weighted by molar-refractivity contribution is -0.147.